The quantitative estimate of drug-likeness (QED) is 0.548. The molecule has 3 aromatic rings. The zero-order valence-corrected chi connectivity index (χ0v) is 15.1. The molecule has 1 saturated heterocycles. The summed E-state index contributed by atoms with van der Waals surface area (Å²) in [5.74, 6) is -0.547. The van der Waals surface area contributed by atoms with Crippen molar-refractivity contribution in [1.82, 2.24) is 4.98 Å². The molecule has 27 heavy (non-hydrogen) atoms. The Balaban J connectivity index is 1.57. The number of benzene rings is 2. The molecule has 0 unspecified atom stereocenters. The number of morpholine rings is 1. The van der Waals surface area contributed by atoms with Crippen LogP contribution in [-0.4, -0.2) is 42.1 Å². The van der Waals surface area contributed by atoms with Gasteiger partial charge in [0, 0.05) is 24.8 Å². The molecule has 138 valence electrons. The maximum atomic E-state index is 12.5. The number of para-hydroxylation sites is 1. The van der Waals surface area contributed by atoms with Crippen LogP contribution in [0.15, 0.2) is 42.5 Å². The second-order valence-corrected chi connectivity index (χ2v) is 7.03. The maximum absolute atomic E-state index is 12.5. The Labute approximate surface area is 158 Å². The molecule has 1 aliphatic rings. The molecule has 1 fully saturated rings. The number of nitro groups is 1. The minimum absolute atomic E-state index is 0.00996. The van der Waals surface area contributed by atoms with E-state index < -0.39 is 10.8 Å². The summed E-state index contributed by atoms with van der Waals surface area (Å²) in [5.41, 5.74) is 1.64. The highest BCUT2D eigenvalue weighted by Gasteiger charge is 2.20. The van der Waals surface area contributed by atoms with E-state index in [4.69, 9.17) is 4.74 Å². The first-order valence-corrected chi connectivity index (χ1v) is 9.21. The van der Waals surface area contributed by atoms with E-state index in [1.54, 1.807) is 6.07 Å². The van der Waals surface area contributed by atoms with Crippen molar-refractivity contribution in [2.24, 2.45) is 0 Å². The van der Waals surface area contributed by atoms with Gasteiger partial charge < -0.3 is 9.64 Å². The van der Waals surface area contributed by atoms with E-state index in [1.807, 2.05) is 18.2 Å². The number of carbonyl (C=O) groups is 1. The third-order valence-corrected chi connectivity index (χ3v) is 5.25. The molecule has 9 heteroatoms. The third-order valence-electron chi connectivity index (χ3n) is 4.31. The zero-order chi connectivity index (χ0) is 18.8. The van der Waals surface area contributed by atoms with Crippen molar-refractivity contribution < 1.29 is 14.5 Å². The number of hydrogen-bond acceptors (Lipinski definition) is 7. The summed E-state index contributed by atoms with van der Waals surface area (Å²) in [7, 11) is 0. The van der Waals surface area contributed by atoms with E-state index in [0.29, 0.717) is 18.3 Å². The monoisotopic (exact) mass is 384 g/mol. The number of anilines is 2. The molecule has 0 spiro atoms. The minimum atomic E-state index is -0.568. The number of nitrogens with zero attached hydrogens (tertiary/aromatic N) is 3. The van der Waals surface area contributed by atoms with Crippen LogP contribution in [0.25, 0.3) is 10.2 Å². The fraction of sp³-hybridized carbons (Fsp3) is 0.222. The highest BCUT2D eigenvalue weighted by molar-refractivity contribution is 7.22. The van der Waals surface area contributed by atoms with Crippen LogP contribution in [0.5, 0.6) is 0 Å². The van der Waals surface area contributed by atoms with Crippen LogP contribution in [0.4, 0.5) is 16.5 Å². The molecular weight excluding hydrogens is 368 g/mol. The van der Waals surface area contributed by atoms with Gasteiger partial charge in [-0.05, 0) is 24.3 Å². The molecule has 2 aromatic carbocycles. The smallest absolute Gasteiger partial charge is 0.282 e. The highest BCUT2D eigenvalue weighted by Crippen LogP contribution is 2.30. The SMILES string of the molecule is O=C(Nc1nc2ccc(N3CCOCC3)cc2s1)c1ccccc1[N+](=O)[O-]. The molecule has 0 atom stereocenters. The molecule has 1 aliphatic heterocycles. The fourth-order valence-electron chi connectivity index (χ4n) is 2.97. The van der Waals surface area contributed by atoms with Crippen molar-refractivity contribution in [3.05, 3.63) is 58.1 Å². The molecule has 1 aromatic heterocycles. The van der Waals surface area contributed by atoms with Crippen molar-refractivity contribution >= 4 is 44.0 Å². The first kappa shape index (κ1) is 17.4. The van der Waals surface area contributed by atoms with Gasteiger partial charge in [0.1, 0.15) is 5.56 Å². The number of amides is 1. The molecular formula is C18H16N4O4S. The van der Waals surface area contributed by atoms with E-state index in [2.05, 4.69) is 15.2 Å². The molecule has 8 nitrogen and oxygen atoms in total. The van der Waals surface area contributed by atoms with Gasteiger partial charge in [0.05, 0.1) is 28.4 Å². The summed E-state index contributed by atoms with van der Waals surface area (Å²) in [6, 6.07) is 11.8. The Kier molecular flexibility index (Phi) is 4.69. The van der Waals surface area contributed by atoms with Gasteiger partial charge in [0.15, 0.2) is 5.13 Å². The van der Waals surface area contributed by atoms with Crippen LogP contribution in [0.3, 0.4) is 0 Å². The molecule has 0 radical (unpaired) electrons. The first-order chi connectivity index (χ1) is 13.1. The Hall–Kier alpha value is -3.04. The van der Waals surface area contributed by atoms with Crippen molar-refractivity contribution in [3.8, 4) is 0 Å². The Bertz CT molecular complexity index is 1010. The van der Waals surface area contributed by atoms with Gasteiger partial charge in [-0.25, -0.2) is 4.98 Å². The summed E-state index contributed by atoms with van der Waals surface area (Å²) < 4.78 is 6.32. The number of hydrogen-bond donors (Lipinski definition) is 1. The topological polar surface area (TPSA) is 97.6 Å². The Morgan fingerprint density at radius 1 is 1.22 bits per heavy atom. The van der Waals surface area contributed by atoms with Crippen molar-refractivity contribution in [3.63, 3.8) is 0 Å². The van der Waals surface area contributed by atoms with Crippen LogP contribution in [0, 0.1) is 10.1 Å². The standard InChI is InChI=1S/C18H16N4O4S/c23-17(13-3-1-2-4-15(13)22(24)25)20-18-19-14-6-5-12(11-16(14)27-18)21-7-9-26-10-8-21/h1-6,11H,7-10H2,(H,19,20,23). The van der Waals surface area contributed by atoms with Gasteiger partial charge in [0.25, 0.3) is 11.6 Å². The van der Waals surface area contributed by atoms with E-state index in [9.17, 15) is 14.9 Å². The number of ether oxygens (including phenoxy) is 1. The number of thiazole rings is 1. The average Bonchev–Trinajstić information content (AvgIpc) is 3.10. The van der Waals surface area contributed by atoms with E-state index in [-0.39, 0.29) is 11.3 Å². The fourth-order valence-corrected chi connectivity index (χ4v) is 3.87. The van der Waals surface area contributed by atoms with E-state index in [0.717, 1.165) is 29.0 Å². The van der Waals surface area contributed by atoms with Crippen LogP contribution in [0.1, 0.15) is 10.4 Å². The predicted molar refractivity (Wildman–Crippen MR) is 104 cm³/mol. The number of rotatable bonds is 4. The van der Waals surface area contributed by atoms with Gasteiger partial charge >= 0.3 is 0 Å². The lowest BCUT2D eigenvalue weighted by molar-refractivity contribution is -0.385. The summed E-state index contributed by atoms with van der Waals surface area (Å²) in [6.07, 6.45) is 0. The molecule has 0 aliphatic carbocycles. The summed E-state index contributed by atoms with van der Waals surface area (Å²) in [5, 5.41) is 14.2. The lowest BCUT2D eigenvalue weighted by Crippen LogP contribution is -2.36. The second-order valence-electron chi connectivity index (χ2n) is 6.00. The molecule has 4 rings (SSSR count). The van der Waals surface area contributed by atoms with Gasteiger partial charge in [-0.15, -0.1) is 0 Å². The Morgan fingerprint density at radius 2 is 2.00 bits per heavy atom. The molecule has 2 heterocycles. The normalized spacial score (nSPS) is 14.3. The maximum Gasteiger partial charge on any atom is 0.282 e. The van der Waals surface area contributed by atoms with Crippen LogP contribution >= 0.6 is 11.3 Å². The van der Waals surface area contributed by atoms with Crippen LogP contribution < -0.4 is 10.2 Å². The number of nitrogens with one attached hydrogen (secondary N) is 1. The first-order valence-electron chi connectivity index (χ1n) is 8.40. The number of aromatic nitrogens is 1. The van der Waals surface area contributed by atoms with Crippen LogP contribution in [-0.2, 0) is 4.74 Å². The van der Waals surface area contributed by atoms with Gasteiger partial charge in [-0.3, -0.25) is 20.2 Å². The van der Waals surface area contributed by atoms with Crippen LogP contribution in [0.2, 0.25) is 0 Å². The van der Waals surface area contributed by atoms with Gasteiger partial charge in [-0.2, -0.15) is 0 Å². The highest BCUT2D eigenvalue weighted by atomic mass is 32.1. The number of fused-ring (bicyclic) bond motifs is 1. The molecule has 1 amide bonds. The summed E-state index contributed by atoms with van der Waals surface area (Å²) in [6.45, 7) is 3.09. The molecule has 1 N–H and O–H groups in total. The predicted octanol–water partition coefficient (Wildman–Crippen LogP) is 3.29. The van der Waals surface area contributed by atoms with Crippen molar-refractivity contribution in [2.75, 3.05) is 36.5 Å². The lowest BCUT2D eigenvalue weighted by atomic mass is 10.1. The second kappa shape index (κ2) is 7.29. The largest absolute Gasteiger partial charge is 0.378 e. The average molecular weight is 384 g/mol. The minimum Gasteiger partial charge on any atom is -0.378 e. The van der Waals surface area contributed by atoms with Gasteiger partial charge in [-0.1, -0.05) is 23.5 Å². The number of carbonyl (C=O) groups excluding carboxylic acids is 1. The molecule has 0 bridgehead atoms. The van der Waals surface area contributed by atoms with Crippen molar-refractivity contribution in [1.29, 1.82) is 0 Å². The lowest BCUT2D eigenvalue weighted by Gasteiger charge is -2.28. The van der Waals surface area contributed by atoms with E-state index in [1.165, 1.54) is 29.5 Å². The third kappa shape index (κ3) is 3.60. The van der Waals surface area contributed by atoms with Crippen molar-refractivity contribution in [2.45, 2.75) is 0 Å². The molecule has 0 saturated carbocycles. The summed E-state index contributed by atoms with van der Waals surface area (Å²) in [4.78, 5) is 29.7. The van der Waals surface area contributed by atoms with E-state index >= 15 is 0 Å². The number of nitro benzene ring substituents is 1. The summed E-state index contributed by atoms with van der Waals surface area (Å²) >= 11 is 1.34. The Morgan fingerprint density at radius 3 is 2.78 bits per heavy atom. The van der Waals surface area contributed by atoms with Gasteiger partial charge in [0.2, 0.25) is 0 Å². The zero-order valence-electron chi connectivity index (χ0n) is 14.3.